The highest BCUT2D eigenvalue weighted by atomic mass is 16.5. The molecule has 80 valence electrons. The van der Waals surface area contributed by atoms with E-state index in [9.17, 15) is 4.79 Å². The smallest absolute Gasteiger partial charge is 0.254 e. The number of hydrogen-bond donors (Lipinski definition) is 1. The lowest BCUT2D eigenvalue weighted by atomic mass is 10.1. The lowest BCUT2D eigenvalue weighted by Crippen LogP contribution is -2.15. The normalized spacial score (nSPS) is 15.0. The second-order valence-corrected chi connectivity index (χ2v) is 3.71. The Kier molecular flexibility index (Phi) is 2.58. The number of pyridine rings is 1. The predicted molar refractivity (Wildman–Crippen MR) is 55.8 cm³/mol. The summed E-state index contributed by atoms with van der Waals surface area (Å²) in [5.41, 5.74) is 6.61. The fraction of sp³-hybridized carbons (Fsp3) is 0.455. The Bertz CT molecular complexity index is 386. The van der Waals surface area contributed by atoms with E-state index >= 15 is 0 Å². The van der Waals surface area contributed by atoms with Crippen LogP contribution in [0.15, 0.2) is 12.4 Å². The number of aromatic nitrogens is 1. The number of nitrogens with two attached hydrogens (primary N) is 1. The van der Waals surface area contributed by atoms with Crippen molar-refractivity contribution >= 4 is 5.91 Å². The molecule has 4 heteroatoms. The highest BCUT2D eigenvalue weighted by Gasteiger charge is 2.26. The quantitative estimate of drug-likeness (QED) is 0.807. The molecule has 0 bridgehead atoms. The molecular weight excluding hydrogens is 192 g/mol. The lowest BCUT2D eigenvalue weighted by Gasteiger charge is -2.12. The molecule has 0 atom stereocenters. The number of carbonyl (C=O) groups excluding carboxylic acids is 1. The fourth-order valence-electron chi connectivity index (χ4n) is 1.41. The van der Waals surface area contributed by atoms with Gasteiger partial charge in [-0.2, -0.15) is 0 Å². The number of primary amides is 1. The van der Waals surface area contributed by atoms with E-state index in [-0.39, 0.29) is 6.10 Å². The van der Waals surface area contributed by atoms with Crippen molar-refractivity contribution in [3.63, 3.8) is 0 Å². The molecule has 15 heavy (non-hydrogen) atoms. The second-order valence-electron chi connectivity index (χ2n) is 3.71. The van der Waals surface area contributed by atoms with Gasteiger partial charge in [-0.15, -0.1) is 0 Å². The van der Waals surface area contributed by atoms with Crippen LogP contribution in [-0.2, 0) is 6.42 Å². The molecule has 0 aliphatic heterocycles. The van der Waals surface area contributed by atoms with Crippen LogP contribution < -0.4 is 10.5 Å². The molecule has 1 aliphatic carbocycles. The van der Waals surface area contributed by atoms with E-state index in [1.54, 1.807) is 6.20 Å². The molecule has 1 saturated carbocycles. The van der Waals surface area contributed by atoms with Gasteiger partial charge in [0.2, 0.25) is 0 Å². The molecule has 1 aromatic heterocycles. The van der Waals surface area contributed by atoms with E-state index in [0.717, 1.165) is 24.8 Å². The Labute approximate surface area is 88.4 Å². The van der Waals surface area contributed by atoms with E-state index in [0.29, 0.717) is 11.3 Å². The number of carbonyl (C=O) groups is 1. The van der Waals surface area contributed by atoms with Crippen molar-refractivity contribution in [2.24, 2.45) is 5.73 Å². The first-order valence-corrected chi connectivity index (χ1v) is 5.15. The molecule has 1 heterocycles. The van der Waals surface area contributed by atoms with Crippen molar-refractivity contribution < 1.29 is 9.53 Å². The molecule has 0 unspecified atom stereocenters. The summed E-state index contributed by atoms with van der Waals surface area (Å²) in [6, 6.07) is 0. The van der Waals surface area contributed by atoms with Gasteiger partial charge in [0.15, 0.2) is 0 Å². The van der Waals surface area contributed by atoms with E-state index in [4.69, 9.17) is 10.5 Å². The van der Waals surface area contributed by atoms with Gasteiger partial charge in [0, 0.05) is 18.0 Å². The van der Waals surface area contributed by atoms with Gasteiger partial charge in [-0.25, -0.2) is 0 Å². The minimum atomic E-state index is -0.478. The first-order valence-electron chi connectivity index (χ1n) is 5.15. The van der Waals surface area contributed by atoms with Crippen LogP contribution in [0.5, 0.6) is 5.75 Å². The Morgan fingerprint density at radius 2 is 2.33 bits per heavy atom. The molecular formula is C11H14N2O2. The van der Waals surface area contributed by atoms with Crippen LogP contribution in [0.4, 0.5) is 0 Å². The minimum Gasteiger partial charge on any atom is -0.489 e. The highest BCUT2D eigenvalue weighted by molar-refractivity contribution is 5.95. The molecule has 4 nitrogen and oxygen atoms in total. The number of nitrogens with zero attached hydrogens (tertiary/aromatic N) is 1. The molecule has 0 saturated heterocycles. The number of amides is 1. The SMILES string of the molecule is CCc1cncc(C(N)=O)c1OC1CC1. The second kappa shape index (κ2) is 3.88. The number of rotatable bonds is 4. The van der Waals surface area contributed by atoms with Gasteiger partial charge in [0.1, 0.15) is 5.75 Å². The summed E-state index contributed by atoms with van der Waals surface area (Å²) < 4.78 is 5.70. The monoisotopic (exact) mass is 206 g/mol. The predicted octanol–water partition coefficient (Wildman–Crippen LogP) is 1.28. The maximum Gasteiger partial charge on any atom is 0.254 e. The van der Waals surface area contributed by atoms with Gasteiger partial charge in [-0.3, -0.25) is 9.78 Å². The number of ether oxygens (including phenoxy) is 1. The third-order valence-corrected chi connectivity index (χ3v) is 2.43. The van der Waals surface area contributed by atoms with Gasteiger partial charge < -0.3 is 10.5 Å². The zero-order valence-electron chi connectivity index (χ0n) is 8.69. The van der Waals surface area contributed by atoms with Crippen LogP contribution in [0.25, 0.3) is 0 Å². The summed E-state index contributed by atoms with van der Waals surface area (Å²) in [5, 5.41) is 0. The zero-order valence-corrected chi connectivity index (χ0v) is 8.69. The third-order valence-electron chi connectivity index (χ3n) is 2.43. The van der Waals surface area contributed by atoms with Crippen LogP contribution in [0.2, 0.25) is 0 Å². The van der Waals surface area contributed by atoms with Gasteiger partial charge >= 0.3 is 0 Å². The standard InChI is InChI=1S/C11H14N2O2/c1-2-7-5-13-6-9(11(12)14)10(7)15-8-3-4-8/h5-6,8H,2-4H2,1H3,(H2,12,14). The molecule has 1 aromatic rings. The molecule has 2 N–H and O–H groups in total. The molecule has 2 rings (SSSR count). The molecule has 1 fully saturated rings. The summed E-state index contributed by atoms with van der Waals surface area (Å²) in [6.07, 6.45) is 6.36. The summed E-state index contributed by atoms with van der Waals surface area (Å²) in [6.45, 7) is 2.00. The molecule has 1 amide bonds. The van der Waals surface area contributed by atoms with Gasteiger partial charge in [0.05, 0.1) is 11.7 Å². The third kappa shape index (κ3) is 2.09. The van der Waals surface area contributed by atoms with Gasteiger partial charge in [0.25, 0.3) is 5.91 Å². The average Bonchev–Trinajstić information content (AvgIpc) is 3.01. The topological polar surface area (TPSA) is 65.2 Å². The van der Waals surface area contributed by atoms with E-state index in [2.05, 4.69) is 4.98 Å². The van der Waals surface area contributed by atoms with Crippen molar-refractivity contribution in [2.75, 3.05) is 0 Å². The first-order chi connectivity index (χ1) is 7.22. The molecule has 0 spiro atoms. The Morgan fingerprint density at radius 1 is 1.60 bits per heavy atom. The minimum absolute atomic E-state index is 0.260. The van der Waals surface area contributed by atoms with Crippen LogP contribution in [0.1, 0.15) is 35.7 Å². The van der Waals surface area contributed by atoms with Crippen LogP contribution in [0.3, 0.4) is 0 Å². The first kappa shape index (κ1) is 9.96. The van der Waals surface area contributed by atoms with Crippen LogP contribution in [0, 0.1) is 0 Å². The van der Waals surface area contributed by atoms with E-state index in [1.165, 1.54) is 6.20 Å². The highest BCUT2D eigenvalue weighted by Crippen LogP contribution is 2.31. The van der Waals surface area contributed by atoms with Gasteiger partial charge in [-0.05, 0) is 19.3 Å². The zero-order chi connectivity index (χ0) is 10.8. The van der Waals surface area contributed by atoms with Gasteiger partial charge in [-0.1, -0.05) is 6.92 Å². The largest absolute Gasteiger partial charge is 0.489 e. The Hall–Kier alpha value is -1.58. The molecule has 0 radical (unpaired) electrons. The average molecular weight is 206 g/mol. The maximum absolute atomic E-state index is 11.2. The van der Waals surface area contributed by atoms with E-state index < -0.39 is 5.91 Å². The summed E-state index contributed by atoms with van der Waals surface area (Å²) >= 11 is 0. The lowest BCUT2D eigenvalue weighted by molar-refractivity contribution is 0.0995. The van der Waals surface area contributed by atoms with Crippen molar-refractivity contribution in [3.8, 4) is 5.75 Å². The molecule has 0 aromatic carbocycles. The van der Waals surface area contributed by atoms with Crippen molar-refractivity contribution in [2.45, 2.75) is 32.3 Å². The number of hydrogen-bond acceptors (Lipinski definition) is 3. The number of aryl methyl sites for hydroxylation is 1. The van der Waals surface area contributed by atoms with Crippen LogP contribution in [-0.4, -0.2) is 17.0 Å². The summed E-state index contributed by atoms with van der Waals surface area (Å²) in [7, 11) is 0. The molecule has 1 aliphatic rings. The summed E-state index contributed by atoms with van der Waals surface area (Å²) in [5.74, 6) is 0.149. The van der Waals surface area contributed by atoms with Crippen molar-refractivity contribution in [1.29, 1.82) is 0 Å². The van der Waals surface area contributed by atoms with Crippen molar-refractivity contribution in [3.05, 3.63) is 23.5 Å². The fourth-order valence-corrected chi connectivity index (χ4v) is 1.41. The summed E-state index contributed by atoms with van der Waals surface area (Å²) in [4.78, 5) is 15.2. The Morgan fingerprint density at radius 3 is 2.87 bits per heavy atom. The maximum atomic E-state index is 11.2. The van der Waals surface area contributed by atoms with Crippen LogP contribution >= 0.6 is 0 Å². The Balaban J connectivity index is 2.38. The van der Waals surface area contributed by atoms with E-state index in [1.807, 2.05) is 6.92 Å². The van der Waals surface area contributed by atoms with Crippen molar-refractivity contribution in [1.82, 2.24) is 4.98 Å².